The van der Waals surface area contributed by atoms with Gasteiger partial charge in [-0.3, -0.25) is 0 Å². The molecule has 0 saturated carbocycles. The highest BCUT2D eigenvalue weighted by Crippen LogP contribution is 1.96. The first kappa shape index (κ1) is 13.9. The predicted molar refractivity (Wildman–Crippen MR) is 67.8 cm³/mol. The second-order valence-corrected chi connectivity index (χ2v) is 5.54. The Hall–Kier alpha value is -1.18. The number of aromatic nitrogens is 2. The smallest absolute Gasteiger partial charge is 0.208 e. The fourth-order valence-corrected chi connectivity index (χ4v) is 1.79. The number of rotatable bonds is 8. The van der Waals surface area contributed by atoms with Crippen molar-refractivity contribution in [2.45, 2.75) is 13.0 Å². The van der Waals surface area contributed by atoms with Gasteiger partial charge in [0.05, 0.1) is 12.5 Å². The van der Waals surface area contributed by atoms with Crippen LogP contribution in [0.15, 0.2) is 19.0 Å². The number of hydrogen-bond acceptors (Lipinski definition) is 4. The van der Waals surface area contributed by atoms with Gasteiger partial charge in [0.15, 0.2) is 0 Å². The predicted octanol–water partition coefficient (Wildman–Crippen LogP) is 0.0125. The highest BCUT2D eigenvalue weighted by atomic mass is 32.2. The summed E-state index contributed by atoms with van der Waals surface area (Å²) in [5.74, 6) is 0. The molecule has 2 N–H and O–H groups in total. The summed E-state index contributed by atoms with van der Waals surface area (Å²) >= 11 is 0. The molecule has 0 unspecified atom stereocenters. The van der Waals surface area contributed by atoms with E-state index < -0.39 is 10.0 Å². The Morgan fingerprint density at radius 2 is 2.29 bits per heavy atom. The summed E-state index contributed by atoms with van der Waals surface area (Å²) in [7, 11) is -3.07. The summed E-state index contributed by atoms with van der Waals surface area (Å²) in [5.41, 5.74) is 1.07. The molecule has 0 aliphatic rings. The first-order valence-corrected chi connectivity index (χ1v) is 7.21. The Labute approximate surface area is 102 Å². The standard InChI is InChI=1S/C10H18N4O2S/c1-3-14-9-10(8-12-14)7-11-5-4-6-13-17(2,15)16/h3,8-9,11,13H,1,4-7H2,2H3. The molecule has 0 atom stereocenters. The van der Waals surface area contributed by atoms with Crippen molar-refractivity contribution in [3.63, 3.8) is 0 Å². The van der Waals surface area contributed by atoms with Crippen molar-refractivity contribution >= 4 is 16.2 Å². The van der Waals surface area contributed by atoms with Crippen molar-refractivity contribution in [2.24, 2.45) is 0 Å². The molecule has 96 valence electrons. The fraction of sp³-hybridized carbons (Fsp3) is 0.500. The number of nitrogens with zero attached hydrogens (tertiary/aromatic N) is 2. The Kier molecular flexibility index (Phi) is 5.33. The summed E-state index contributed by atoms with van der Waals surface area (Å²) in [5, 5.41) is 7.25. The van der Waals surface area contributed by atoms with Crippen LogP contribution in [0.5, 0.6) is 0 Å². The van der Waals surface area contributed by atoms with E-state index in [-0.39, 0.29) is 0 Å². The molecule has 1 heterocycles. The van der Waals surface area contributed by atoms with E-state index in [0.29, 0.717) is 13.1 Å². The lowest BCUT2D eigenvalue weighted by Crippen LogP contribution is -2.26. The maximum atomic E-state index is 10.8. The third-order valence-electron chi connectivity index (χ3n) is 2.07. The van der Waals surface area contributed by atoms with Gasteiger partial charge in [-0.15, -0.1) is 0 Å². The van der Waals surface area contributed by atoms with Gasteiger partial charge in [-0.25, -0.2) is 17.8 Å². The minimum atomic E-state index is -3.07. The van der Waals surface area contributed by atoms with E-state index in [1.807, 2.05) is 6.20 Å². The molecule has 0 aliphatic heterocycles. The van der Waals surface area contributed by atoms with Crippen molar-refractivity contribution in [1.82, 2.24) is 19.8 Å². The highest BCUT2D eigenvalue weighted by molar-refractivity contribution is 7.88. The summed E-state index contributed by atoms with van der Waals surface area (Å²) in [6.45, 7) is 5.53. The van der Waals surface area contributed by atoms with Gasteiger partial charge < -0.3 is 5.32 Å². The molecule has 0 aliphatic carbocycles. The van der Waals surface area contributed by atoms with E-state index in [9.17, 15) is 8.42 Å². The van der Waals surface area contributed by atoms with Gasteiger partial charge in [0.25, 0.3) is 0 Å². The quantitative estimate of drug-likeness (QED) is 0.644. The van der Waals surface area contributed by atoms with E-state index in [2.05, 4.69) is 21.7 Å². The van der Waals surface area contributed by atoms with Crippen molar-refractivity contribution in [1.29, 1.82) is 0 Å². The molecule has 0 aromatic carbocycles. The van der Waals surface area contributed by atoms with Gasteiger partial charge in [0, 0.05) is 31.0 Å². The molecule has 1 rings (SSSR count). The monoisotopic (exact) mass is 258 g/mol. The zero-order chi connectivity index (χ0) is 12.7. The van der Waals surface area contributed by atoms with Gasteiger partial charge in [-0.05, 0) is 13.0 Å². The molecule has 0 amide bonds. The molecule has 0 fully saturated rings. The average molecular weight is 258 g/mol. The molecule has 6 nitrogen and oxygen atoms in total. The Balaban J connectivity index is 2.10. The van der Waals surface area contributed by atoms with Crippen LogP contribution in [0.1, 0.15) is 12.0 Å². The maximum Gasteiger partial charge on any atom is 0.208 e. The lowest BCUT2D eigenvalue weighted by molar-refractivity contribution is 0.579. The van der Waals surface area contributed by atoms with Crippen LogP contribution in [0, 0.1) is 0 Å². The van der Waals surface area contributed by atoms with E-state index in [1.165, 1.54) is 0 Å². The minimum absolute atomic E-state index is 0.456. The first-order chi connectivity index (χ1) is 8.01. The Bertz CT molecular complexity index is 453. The average Bonchev–Trinajstić information content (AvgIpc) is 2.69. The Morgan fingerprint density at radius 1 is 1.53 bits per heavy atom. The second kappa shape index (κ2) is 6.53. The summed E-state index contributed by atoms with van der Waals surface area (Å²) in [6, 6.07) is 0. The van der Waals surface area contributed by atoms with Crippen LogP contribution in [-0.4, -0.2) is 37.5 Å². The third kappa shape index (κ3) is 6.20. The van der Waals surface area contributed by atoms with Crippen LogP contribution in [0.25, 0.3) is 6.20 Å². The topological polar surface area (TPSA) is 76.0 Å². The summed E-state index contributed by atoms with van der Waals surface area (Å²) in [4.78, 5) is 0. The van der Waals surface area contributed by atoms with Crippen LogP contribution in [0.2, 0.25) is 0 Å². The van der Waals surface area contributed by atoms with Gasteiger partial charge >= 0.3 is 0 Å². The zero-order valence-electron chi connectivity index (χ0n) is 9.89. The lowest BCUT2D eigenvalue weighted by atomic mass is 10.3. The highest BCUT2D eigenvalue weighted by Gasteiger charge is 1.99. The van der Waals surface area contributed by atoms with Crippen LogP contribution in [0.3, 0.4) is 0 Å². The lowest BCUT2D eigenvalue weighted by Gasteiger charge is -2.03. The molecule has 1 aromatic rings. The van der Waals surface area contributed by atoms with E-state index in [0.717, 1.165) is 24.8 Å². The minimum Gasteiger partial charge on any atom is -0.313 e. The molecule has 1 aromatic heterocycles. The SMILES string of the molecule is C=Cn1cc(CNCCCNS(C)(=O)=O)cn1. The first-order valence-electron chi connectivity index (χ1n) is 5.32. The largest absolute Gasteiger partial charge is 0.313 e. The van der Waals surface area contributed by atoms with Crippen molar-refractivity contribution in [3.8, 4) is 0 Å². The van der Waals surface area contributed by atoms with Gasteiger partial charge in [-0.1, -0.05) is 6.58 Å². The normalized spacial score (nSPS) is 11.6. The number of sulfonamides is 1. The van der Waals surface area contributed by atoms with Crippen LogP contribution in [-0.2, 0) is 16.6 Å². The van der Waals surface area contributed by atoms with Crippen molar-refractivity contribution in [2.75, 3.05) is 19.3 Å². The van der Waals surface area contributed by atoms with Crippen LogP contribution < -0.4 is 10.0 Å². The van der Waals surface area contributed by atoms with Crippen LogP contribution in [0.4, 0.5) is 0 Å². The molecule has 0 saturated heterocycles. The maximum absolute atomic E-state index is 10.8. The molecule has 0 bridgehead atoms. The second-order valence-electron chi connectivity index (χ2n) is 3.71. The number of hydrogen-bond donors (Lipinski definition) is 2. The fourth-order valence-electron chi connectivity index (χ4n) is 1.27. The van der Waals surface area contributed by atoms with Gasteiger partial charge in [0.2, 0.25) is 10.0 Å². The third-order valence-corrected chi connectivity index (χ3v) is 2.79. The summed E-state index contributed by atoms with van der Waals surface area (Å²) < 4.78 is 25.6. The molecular weight excluding hydrogens is 240 g/mol. The molecule has 7 heteroatoms. The van der Waals surface area contributed by atoms with E-state index >= 15 is 0 Å². The van der Waals surface area contributed by atoms with E-state index in [1.54, 1.807) is 17.1 Å². The van der Waals surface area contributed by atoms with Crippen molar-refractivity contribution in [3.05, 3.63) is 24.5 Å². The molecule has 0 radical (unpaired) electrons. The molecular formula is C10H18N4O2S. The molecule has 0 spiro atoms. The zero-order valence-corrected chi connectivity index (χ0v) is 10.7. The van der Waals surface area contributed by atoms with Crippen LogP contribution >= 0.6 is 0 Å². The van der Waals surface area contributed by atoms with Crippen molar-refractivity contribution < 1.29 is 8.42 Å². The van der Waals surface area contributed by atoms with Gasteiger partial charge in [0.1, 0.15) is 0 Å². The van der Waals surface area contributed by atoms with Gasteiger partial charge in [-0.2, -0.15) is 5.10 Å². The number of nitrogens with one attached hydrogen (secondary N) is 2. The Morgan fingerprint density at radius 3 is 2.88 bits per heavy atom. The van der Waals surface area contributed by atoms with E-state index in [4.69, 9.17) is 0 Å². The molecule has 17 heavy (non-hydrogen) atoms. The summed E-state index contributed by atoms with van der Waals surface area (Å²) in [6.07, 6.45) is 7.18.